The van der Waals surface area contributed by atoms with Crippen molar-refractivity contribution in [1.82, 2.24) is 24.4 Å². The highest BCUT2D eigenvalue weighted by molar-refractivity contribution is 5.58. The van der Waals surface area contributed by atoms with Crippen LogP contribution in [0.3, 0.4) is 0 Å². The lowest BCUT2D eigenvalue weighted by atomic mass is 10.2. The van der Waals surface area contributed by atoms with Gasteiger partial charge in [0.25, 0.3) is 5.56 Å². The molecule has 0 aliphatic rings. The third-order valence-electron chi connectivity index (χ3n) is 2.72. The zero-order valence-corrected chi connectivity index (χ0v) is 9.51. The minimum Gasteiger partial charge on any atom is -0.294 e. The molecule has 0 bridgehead atoms. The molecule has 17 heavy (non-hydrogen) atoms. The van der Waals surface area contributed by atoms with Crippen LogP contribution in [0.4, 0.5) is 0 Å². The Morgan fingerprint density at radius 2 is 2.24 bits per heavy atom. The Morgan fingerprint density at radius 1 is 1.41 bits per heavy atom. The quantitative estimate of drug-likeness (QED) is 0.669. The van der Waals surface area contributed by atoms with Crippen LogP contribution in [-0.4, -0.2) is 24.4 Å². The number of aromatic amines is 1. The smallest absolute Gasteiger partial charge is 0.282 e. The summed E-state index contributed by atoms with van der Waals surface area (Å²) in [5, 5.41) is 7.01. The van der Waals surface area contributed by atoms with Crippen molar-refractivity contribution in [1.29, 1.82) is 0 Å². The summed E-state index contributed by atoms with van der Waals surface area (Å²) in [6, 6.07) is 3.62. The van der Waals surface area contributed by atoms with Crippen LogP contribution < -0.4 is 5.56 Å². The van der Waals surface area contributed by atoms with Gasteiger partial charge in [0.05, 0.1) is 11.3 Å². The number of rotatable bonds is 1. The molecule has 3 aromatic rings. The van der Waals surface area contributed by atoms with Crippen LogP contribution in [0, 0.1) is 6.92 Å². The Hall–Kier alpha value is -2.37. The third-order valence-corrected chi connectivity index (χ3v) is 2.72. The summed E-state index contributed by atoms with van der Waals surface area (Å²) in [4.78, 5) is 16.5. The van der Waals surface area contributed by atoms with Gasteiger partial charge in [-0.3, -0.25) is 14.6 Å². The Bertz CT molecular complexity index is 749. The Labute approximate surface area is 96.5 Å². The normalized spacial score (nSPS) is 11.2. The number of fused-ring (bicyclic) bond motifs is 1. The molecule has 0 spiro atoms. The number of hydrogen-bond donors (Lipinski definition) is 1. The first kappa shape index (κ1) is 9.83. The van der Waals surface area contributed by atoms with Crippen LogP contribution in [0.15, 0.2) is 29.3 Å². The average Bonchev–Trinajstić information content (AvgIpc) is 2.85. The van der Waals surface area contributed by atoms with Crippen molar-refractivity contribution in [2.24, 2.45) is 7.05 Å². The number of aromatic nitrogens is 5. The molecule has 0 fully saturated rings. The molecule has 6 heteroatoms. The predicted molar refractivity (Wildman–Crippen MR) is 62.8 cm³/mol. The van der Waals surface area contributed by atoms with Crippen molar-refractivity contribution in [2.45, 2.75) is 6.92 Å². The molecule has 3 rings (SSSR count). The molecule has 0 aliphatic heterocycles. The van der Waals surface area contributed by atoms with Gasteiger partial charge in [0.2, 0.25) is 0 Å². The van der Waals surface area contributed by atoms with Gasteiger partial charge in [-0.1, -0.05) is 0 Å². The fourth-order valence-electron chi connectivity index (χ4n) is 1.89. The SMILES string of the molecule is Cc1cc2ncc(-c3ccnn3C)c(=O)n2[nH]1. The van der Waals surface area contributed by atoms with E-state index in [-0.39, 0.29) is 5.56 Å². The van der Waals surface area contributed by atoms with Gasteiger partial charge in [-0.15, -0.1) is 0 Å². The van der Waals surface area contributed by atoms with E-state index in [9.17, 15) is 4.79 Å². The number of nitrogens with one attached hydrogen (secondary N) is 1. The van der Waals surface area contributed by atoms with Crippen LogP contribution in [0.1, 0.15) is 5.69 Å². The largest absolute Gasteiger partial charge is 0.294 e. The topological polar surface area (TPSA) is 68.0 Å². The van der Waals surface area contributed by atoms with E-state index >= 15 is 0 Å². The first-order chi connectivity index (χ1) is 8.16. The van der Waals surface area contributed by atoms with Crippen LogP contribution in [0.5, 0.6) is 0 Å². The molecule has 0 unspecified atom stereocenters. The maximum atomic E-state index is 12.2. The minimum atomic E-state index is -0.119. The Morgan fingerprint density at radius 3 is 2.94 bits per heavy atom. The number of nitrogens with zero attached hydrogens (tertiary/aromatic N) is 4. The molecular weight excluding hydrogens is 218 g/mol. The van der Waals surface area contributed by atoms with Crippen LogP contribution in [0.25, 0.3) is 16.9 Å². The average molecular weight is 229 g/mol. The van der Waals surface area contributed by atoms with E-state index in [1.807, 2.05) is 13.0 Å². The third kappa shape index (κ3) is 1.37. The van der Waals surface area contributed by atoms with E-state index in [1.54, 1.807) is 30.2 Å². The molecule has 6 nitrogen and oxygen atoms in total. The standard InChI is InChI=1S/C11H11N5O/c1-7-5-10-12-6-8(11(17)16(10)14-7)9-3-4-13-15(9)2/h3-6,14H,1-2H3. The fraction of sp³-hybridized carbons (Fsp3) is 0.182. The minimum absolute atomic E-state index is 0.119. The Kier molecular flexibility index (Phi) is 1.91. The molecule has 0 amide bonds. The summed E-state index contributed by atoms with van der Waals surface area (Å²) in [5.74, 6) is 0. The second-order valence-corrected chi connectivity index (χ2v) is 3.95. The van der Waals surface area contributed by atoms with Crippen molar-refractivity contribution < 1.29 is 0 Å². The molecule has 3 heterocycles. The van der Waals surface area contributed by atoms with Crippen molar-refractivity contribution in [3.8, 4) is 11.3 Å². The number of H-pyrrole nitrogens is 1. The second kappa shape index (κ2) is 3.31. The summed E-state index contributed by atoms with van der Waals surface area (Å²) in [6.07, 6.45) is 3.24. The van der Waals surface area contributed by atoms with E-state index in [2.05, 4.69) is 15.2 Å². The maximum absolute atomic E-state index is 12.2. The van der Waals surface area contributed by atoms with E-state index in [0.29, 0.717) is 11.2 Å². The zero-order chi connectivity index (χ0) is 12.0. The predicted octanol–water partition coefficient (Wildman–Crippen LogP) is 0.732. The number of hydrogen-bond acceptors (Lipinski definition) is 3. The van der Waals surface area contributed by atoms with E-state index in [0.717, 1.165) is 11.4 Å². The van der Waals surface area contributed by atoms with Gasteiger partial charge in [0, 0.05) is 31.2 Å². The zero-order valence-electron chi connectivity index (χ0n) is 9.51. The van der Waals surface area contributed by atoms with Crippen molar-refractivity contribution in [3.63, 3.8) is 0 Å². The van der Waals surface area contributed by atoms with Gasteiger partial charge in [-0.2, -0.15) is 5.10 Å². The lowest BCUT2D eigenvalue weighted by molar-refractivity contribution is 0.771. The molecule has 3 aromatic heterocycles. The molecule has 0 saturated heterocycles. The van der Waals surface area contributed by atoms with E-state index in [4.69, 9.17) is 0 Å². The summed E-state index contributed by atoms with van der Waals surface area (Å²) < 4.78 is 3.10. The highest BCUT2D eigenvalue weighted by atomic mass is 16.1. The lowest BCUT2D eigenvalue weighted by Crippen LogP contribution is -2.18. The Balaban J connectivity index is 2.36. The van der Waals surface area contributed by atoms with Crippen LogP contribution >= 0.6 is 0 Å². The van der Waals surface area contributed by atoms with Gasteiger partial charge in [0.1, 0.15) is 0 Å². The molecule has 86 valence electrons. The van der Waals surface area contributed by atoms with Gasteiger partial charge in [-0.25, -0.2) is 9.50 Å². The molecule has 0 aliphatic carbocycles. The first-order valence-corrected chi connectivity index (χ1v) is 5.22. The van der Waals surface area contributed by atoms with E-state index < -0.39 is 0 Å². The van der Waals surface area contributed by atoms with Gasteiger partial charge < -0.3 is 0 Å². The van der Waals surface area contributed by atoms with Crippen molar-refractivity contribution >= 4 is 5.65 Å². The monoisotopic (exact) mass is 229 g/mol. The molecule has 0 radical (unpaired) electrons. The summed E-state index contributed by atoms with van der Waals surface area (Å²) in [5.41, 5.74) is 2.69. The summed E-state index contributed by atoms with van der Waals surface area (Å²) in [6.45, 7) is 1.89. The van der Waals surface area contributed by atoms with Gasteiger partial charge >= 0.3 is 0 Å². The lowest BCUT2D eigenvalue weighted by Gasteiger charge is -2.01. The molecule has 0 saturated carbocycles. The highest BCUT2D eigenvalue weighted by Gasteiger charge is 2.11. The fourth-order valence-corrected chi connectivity index (χ4v) is 1.89. The van der Waals surface area contributed by atoms with Crippen molar-refractivity contribution in [3.05, 3.63) is 40.6 Å². The van der Waals surface area contributed by atoms with Crippen molar-refractivity contribution in [2.75, 3.05) is 0 Å². The first-order valence-electron chi connectivity index (χ1n) is 5.22. The molecular formula is C11H11N5O. The van der Waals surface area contributed by atoms with Gasteiger partial charge in [0.15, 0.2) is 5.65 Å². The number of aryl methyl sites for hydroxylation is 2. The molecule has 0 atom stereocenters. The summed E-state index contributed by atoms with van der Waals surface area (Å²) in [7, 11) is 1.80. The molecule has 1 N–H and O–H groups in total. The van der Waals surface area contributed by atoms with Gasteiger partial charge in [-0.05, 0) is 13.0 Å². The van der Waals surface area contributed by atoms with E-state index in [1.165, 1.54) is 4.52 Å². The van der Waals surface area contributed by atoms with Crippen LogP contribution in [0.2, 0.25) is 0 Å². The highest BCUT2D eigenvalue weighted by Crippen LogP contribution is 2.13. The van der Waals surface area contributed by atoms with Crippen LogP contribution in [-0.2, 0) is 7.05 Å². The maximum Gasteiger partial charge on any atom is 0.282 e. The molecule has 0 aromatic carbocycles. The summed E-state index contributed by atoms with van der Waals surface area (Å²) >= 11 is 0. The second-order valence-electron chi connectivity index (χ2n) is 3.95.